The zero-order valence-electron chi connectivity index (χ0n) is 8.59. The van der Waals surface area contributed by atoms with Crippen LogP contribution in [0, 0.1) is 5.82 Å². The molecule has 1 aromatic rings. The van der Waals surface area contributed by atoms with Gasteiger partial charge in [-0.05, 0) is 26.0 Å². The minimum absolute atomic E-state index is 0.00145. The molecular formula is C9H10Cl2FNO2S. The van der Waals surface area contributed by atoms with E-state index in [1.165, 1.54) is 13.8 Å². The topological polar surface area (TPSA) is 46.2 Å². The number of hydrogen-bond donors (Lipinski definition) is 1. The van der Waals surface area contributed by atoms with E-state index >= 15 is 0 Å². The average Bonchev–Trinajstić information content (AvgIpc) is 2.11. The molecule has 0 aromatic heterocycles. The maximum Gasteiger partial charge on any atom is 0.235 e. The third-order valence-electron chi connectivity index (χ3n) is 1.87. The van der Waals surface area contributed by atoms with Crippen LogP contribution >= 0.6 is 23.2 Å². The van der Waals surface area contributed by atoms with Gasteiger partial charge in [-0.2, -0.15) is 0 Å². The number of halogens is 3. The van der Waals surface area contributed by atoms with Crippen molar-refractivity contribution < 1.29 is 12.8 Å². The molecular weight excluding hydrogens is 276 g/mol. The zero-order chi connectivity index (χ0) is 12.5. The lowest BCUT2D eigenvalue weighted by Gasteiger charge is -2.13. The molecule has 0 radical (unpaired) electrons. The van der Waals surface area contributed by atoms with Crippen LogP contribution in [-0.2, 0) is 10.0 Å². The summed E-state index contributed by atoms with van der Waals surface area (Å²) in [5.74, 6) is -0.623. The molecule has 0 fully saturated rings. The molecule has 0 bridgehead atoms. The minimum atomic E-state index is -3.55. The summed E-state index contributed by atoms with van der Waals surface area (Å²) in [6.45, 7) is 3.02. The van der Waals surface area contributed by atoms with Gasteiger partial charge in [-0.15, -0.1) is 0 Å². The van der Waals surface area contributed by atoms with Gasteiger partial charge in [0.2, 0.25) is 10.0 Å². The summed E-state index contributed by atoms with van der Waals surface area (Å²) in [4.78, 5) is 0. The molecule has 0 atom stereocenters. The number of sulfonamides is 1. The van der Waals surface area contributed by atoms with Crippen LogP contribution < -0.4 is 4.72 Å². The van der Waals surface area contributed by atoms with Crippen molar-refractivity contribution in [2.45, 2.75) is 19.1 Å². The van der Waals surface area contributed by atoms with Crippen LogP contribution in [0.3, 0.4) is 0 Å². The van der Waals surface area contributed by atoms with E-state index in [-0.39, 0.29) is 15.7 Å². The highest BCUT2D eigenvalue weighted by atomic mass is 35.5. The quantitative estimate of drug-likeness (QED) is 0.926. The predicted octanol–water partition coefficient (Wildman–Crippen LogP) is 3.28. The number of nitrogens with one attached hydrogen (secondary N) is 1. The highest BCUT2D eigenvalue weighted by Gasteiger charge is 2.19. The Kier molecular flexibility index (Phi) is 4.04. The van der Waals surface area contributed by atoms with Gasteiger partial charge in [0.25, 0.3) is 0 Å². The third kappa shape index (κ3) is 2.99. The van der Waals surface area contributed by atoms with Crippen molar-refractivity contribution in [2.24, 2.45) is 0 Å². The summed E-state index contributed by atoms with van der Waals surface area (Å²) in [7, 11) is -3.55. The number of rotatable bonds is 3. The van der Waals surface area contributed by atoms with Gasteiger partial charge < -0.3 is 0 Å². The Morgan fingerprint density at radius 1 is 1.25 bits per heavy atom. The molecule has 0 aliphatic heterocycles. The molecule has 0 amide bonds. The number of hydrogen-bond acceptors (Lipinski definition) is 2. The lowest BCUT2D eigenvalue weighted by Crippen LogP contribution is -2.22. The fourth-order valence-corrected chi connectivity index (χ4v) is 2.31. The Hall–Kier alpha value is -0.520. The Balaban J connectivity index is 3.17. The van der Waals surface area contributed by atoms with Gasteiger partial charge in [0.05, 0.1) is 21.0 Å². The van der Waals surface area contributed by atoms with Crippen LogP contribution in [0.5, 0.6) is 0 Å². The monoisotopic (exact) mass is 285 g/mol. The van der Waals surface area contributed by atoms with Crippen LogP contribution in [0.25, 0.3) is 0 Å². The molecule has 3 nitrogen and oxygen atoms in total. The summed E-state index contributed by atoms with van der Waals surface area (Å²) < 4.78 is 38.2. The highest BCUT2D eigenvalue weighted by molar-refractivity contribution is 7.93. The lowest BCUT2D eigenvalue weighted by molar-refractivity contribution is 0.592. The fourth-order valence-electron chi connectivity index (χ4n) is 0.900. The second kappa shape index (κ2) is 4.77. The maximum absolute atomic E-state index is 12.9. The van der Waals surface area contributed by atoms with Crippen LogP contribution in [0.4, 0.5) is 10.1 Å². The van der Waals surface area contributed by atoms with E-state index in [9.17, 15) is 12.8 Å². The summed E-state index contributed by atoms with van der Waals surface area (Å²) in [6.07, 6.45) is 0. The van der Waals surface area contributed by atoms with Gasteiger partial charge in [0, 0.05) is 0 Å². The average molecular weight is 286 g/mol. The first kappa shape index (κ1) is 13.5. The van der Waals surface area contributed by atoms with Crippen molar-refractivity contribution in [3.05, 3.63) is 28.0 Å². The third-order valence-corrected chi connectivity index (χ3v) is 4.20. The lowest BCUT2D eigenvalue weighted by atomic mass is 10.3. The Labute approximate surface area is 104 Å². The van der Waals surface area contributed by atoms with Gasteiger partial charge in [-0.3, -0.25) is 4.72 Å². The number of anilines is 1. The second-order valence-corrected chi connectivity index (χ2v) is 6.49. The van der Waals surface area contributed by atoms with Crippen molar-refractivity contribution in [2.75, 3.05) is 4.72 Å². The molecule has 16 heavy (non-hydrogen) atoms. The van der Waals surface area contributed by atoms with Crippen LogP contribution in [-0.4, -0.2) is 13.7 Å². The molecule has 0 spiro atoms. The molecule has 1 N–H and O–H groups in total. The summed E-state index contributed by atoms with van der Waals surface area (Å²) >= 11 is 11.4. The van der Waals surface area contributed by atoms with Gasteiger partial charge in [0.15, 0.2) is 0 Å². The summed E-state index contributed by atoms with van der Waals surface area (Å²) in [5, 5.41) is -0.784. The van der Waals surface area contributed by atoms with Crippen LogP contribution in [0.15, 0.2) is 12.1 Å². The van der Waals surface area contributed by atoms with E-state index in [0.717, 1.165) is 12.1 Å². The van der Waals surface area contributed by atoms with Crippen molar-refractivity contribution in [1.82, 2.24) is 0 Å². The van der Waals surface area contributed by atoms with Gasteiger partial charge in [0.1, 0.15) is 5.82 Å². The molecule has 0 heterocycles. The number of benzene rings is 1. The summed E-state index contributed by atoms with van der Waals surface area (Å²) in [6, 6.07) is 1.98. The van der Waals surface area contributed by atoms with Crippen molar-refractivity contribution >= 4 is 38.9 Å². The van der Waals surface area contributed by atoms with Crippen molar-refractivity contribution in [3.8, 4) is 0 Å². The Morgan fingerprint density at radius 3 is 2.06 bits per heavy atom. The SMILES string of the molecule is CC(C)S(=O)(=O)Nc1c(Cl)cc(F)cc1Cl. The van der Waals surface area contributed by atoms with E-state index in [2.05, 4.69) is 4.72 Å². The maximum atomic E-state index is 12.9. The Bertz CT molecular complexity index is 479. The first-order valence-corrected chi connectivity index (χ1v) is 6.70. The van der Waals surface area contributed by atoms with Crippen molar-refractivity contribution in [3.63, 3.8) is 0 Å². The van der Waals surface area contributed by atoms with Gasteiger partial charge >= 0.3 is 0 Å². The molecule has 7 heteroatoms. The smallest absolute Gasteiger partial charge is 0.235 e. The van der Waals surface area contributed by atoms with E-state index < -0.39 is 21.1 Å². The molecule has 1 rings (SSSR count). The van der Waals surface area contributed by atoms with Crippen molar-refractivity contribution in [1.29, 1.82) is 0 Å². The van der Waals surface area contributed by atoms with E-state index in [1.807, 2.05) is 0 Å². The zero-order valence-corrected chi connectivity index (χ0v) is 10.9. The fraction of sp³-hybridized carbons (Fsp3) is 0.333. The van der Waals surface area contributed by atoms with E-state index in [0.29, 0.717) is 0 Å². The first-order valence-electron chi connectivity index (χ1n) is 4.40. The summed E-state index contributed by atoms with van der Waals surface area (Å²) in [5.41, 5.74) is -0.00145. The first-order chi connectivity index (χ1) is 7.24. The van der Waals surface area contributed by atoms with E-state index in [1.54, 1.807) is 0 Å². The van der Waals surface area contributed by atoms with Crippen LogP contribution in [0.2, 0.25) is 10.0 Å². The second-order valence-electron chi connectivity index (χ2n) is 3.44. The standard InChI is InChI=1S/C9H10Cl2FNO2S/c1-5(2)16(14,15)13-9-7(10)3-6(12)4-8(9)11/h3-5,13H,1-2H3. The molecule has 0 saturated heterocycles. The molecule has 0 unspecified atom stereocenters. The predicted molar refractivity (Wildman–Crippen MR) is 64.1 cm³/mol. The van der Waals surface area contributed by atoms with Gasteiger partial charge in [-0.1, -0.05) is 23.2 Å². The van der Waals surface area contributed by atoms with Gasteiger partial charge in [-0.25, -0.2) is 12.8 Å². The molecule has 90 valence electrons. The Morgan fingerprint density at radius 2 is 1.69 bits per heavy atom. The molecule has 0 aliphatic carbocycles. The highest BCUT2D eigenvalue weighted by Crippen LogP contribution is 2.32. The van der Waals surface area contributed by atoms with E-state index in [4.69, 9.17) is 23.2 Å². The molecule has 0 saturated carbocycles. The molecule has 0 aliphatic rings. The minimum Gasteiger partial charge on any atom is -0.280 e. The largest absolute Gasteiger partial charge is 0.280 e. The normalized spacial score (nSPS) is 11.9. The molecule has 1 aromatic carbocycles. The van der Waals surface area contributed by atoms with Crippen LogP contribution in [0.1, 0.15) is 13.8 Å².